The minimum absolute atomic E-state index is 0.0626. The number of hydrogen-bond acceptors (Lipinski definition) is 4. The molecular formula is C19H14N2OS. The van der Waals surface area contributed by atoms with Crippen molar-refractivity contribution in [3.05, 3.63) is 77.9 Å². The van der Waals surface area contributed by atoms with Gasteiger partial charge in [-0.3, -0.25) is 4.79 Å². The van der Waals surface area contributed by atoms with Crippen LogP contribution < -0.4 is 11.1 Å². The molecule has 3 aromatic carbocycles. The number of benzene rings is 3. The normalized spacial score (nSPS) is 12.0. The van der Waals surface area contributed by atoms with Crippen LogP contribution in [0.4, 0.5) is 17.1 Å². The number of nitrogen functional groups attached to an aromatic ring is 1. The van der Waals surface area contributed by atoms with Crippen LogP contribution in [0.1, 0.15) is 15.9 Å². The molecule has 0 amide bonds. The van der Waals surface area contributed by atoms with Crippen molar-refractivity contribution in [3.63, 3.8) is 0 Å². The van der Waals surface area contributed by atoms with E-state index in [4.69, 9.17) is 5.73 Å². The summed E-state index contributed by atoms with van der Waals surface area (Å²) in [4.78, 5) is 15.1. The van der Waals surface area contributed by atoms with Gasteiger partial charge in [0.2, 0.25) is 0 Å². The van der Waals surface area contributed by atoms with Gasteiger partial charge in [-0.05, 0) is 24.3 Å². The molecule has 4 rings (SSSR count). The predicted octanol–water partition coefficient (Wildman–Crippen LogP) is 4.71. The summed E-state index contributed by atoms with van der Waals surface area (Å²) in [6, 6.07) is 21.0. The van der Waals surface area contributed by atoms with E-state index in [0.29, 0.717) is 16.8 Å². The predicted molar refractivity (Wildman–Crippen MR) is 94.6 cm³/mol. The van der Waals surface area contributed by atoms with E-state index in [9.17, 15) is 4.79 Å². The minimum Gasteiger partial charge on any atom is -0.398 e. The van der Waals surface area contributed by atoms with E-state index in [2.05, 4.69) is 11.4 Å². The molecule has 3 aromatic rings. The van der Waals surface area contributed by atoms with E-state index >= 15 is 0 Å². The standard InChI is InChI=1S/C19H14N2OS/c20-13-10-11-16-18(21-14-8-4-5-9-15(14)23-16)17(13)19(22)12-6-2-1-3-7-12/h1-11,21H,20H2. The molecule has 0 spiro atoms. The van der Waals surface area contributed by atoms with Crippen LogP contribution in [0.3, 0.4) is 0 Å². The molecule has 0 atom stereocenters. The van der Waals surface area contributed by atoms with E-state index in [1.165, 1.54) is 0 Å². The number of fused-ring (bicyclic) bond motifs is 2. The number of nitrogens with one attached hydrogen (secondary N) is 1. The first-order valence-corrected chi connectivity index (χ1v) is 8.12. The Kier molecular flexibility index (Phi) is 3.32. The fourth-order valence-electron chi connectivity index (χ4n) is 2.70. The first-order chi connectivity index (χ1) is 11.2. The number of para-hydroxylation sites is 1. The van der Waals surface area contributed by atoms with Crippen molar-refractivity contribution in [3.8, 4) is 0 Å². The smallest absolute Gasteiger partial charge is 0.197 e. The minimum atomic E-state index is -0.0626. The highest BCUT2D eigenvalue weighted by atomic mass is 32.2. The molecule has 0 unspecified atom stereocenters. The SMILES string of the molecule is Nc1ccc2c(c1C(=O)c1ccccc1)Nc1ccccc1S2. The molecule has 0 radical (unpaired) electrons. The molecule has 0 bridgehead atoms. The maximum absolute atomic E-state index is 12.9. The van der Waals surface area contributed by atoms with Crippen LogP contribution in [0.5, 0.6) is 0 Å². The summed E-state index contributed by atoms with van der Waals surface area (Å²) in [7, 11) is 0. The summed E-state index contributed by atoms with van der Waals surface area (Å²) in [5.74, 6) is -0.0626. The Labute approximate surface area is 138 Å². The summed E-state index contributed by atoms with van der Waals surface area (Å²) in [5, 5.41) is 3.38. The number of rotatable bonds is 2. The highest BCUT2D eigenvalue weighted by Crippen LogP contribution is 2.47. The third-order valence-electron chi connectivity index (χ3n) is 3.83. The molecule has 112 valence electrons. The van der Waals surface area contributed by atoms with Crippen molar-refractivity contribution in [1.82, 2.24) is 0 Å². The largest absolute Gasteiger partial charge is 0.398 e. The quantitative estimate of drug-likeness (QED) is 0.415. The Bertz CT molecular complexity index is 906. The molecule has 4 heteroatoms. The van der Waals surface area contributed by atoms with Crippen LogP contribution in [0, 0.1) is 0 Å². The van der Waals surface area contributed by atoms with E-state index in [-0.39, 0.29) is 5.78 Å². The molecule has 23 heavy (non-hydrogen) atoms. The second-order valence-corrected chi connectivity index (χ2v) is 6.41. The average Bonchev–Trinajstić information content (AvgIpc) is 2.60. The number of carbonyl (C=O) groups is 1. The topological polar surface area (TPSA) is 55.1 Å². The first kappa shape index (κ1) is 13.9. The lowest BCUT2D eigenvalue weighted by atomic mass is 9.99. The molecule has 1 aliphatic rings. The zero-order valence-electron chi connectivity index (χ0n) is 12.2. The molecule has 0 fully saturated rings. The zero-order valence-corrected chi connectivity index (χ0v) is 13.1. The molecule has 3 N–H and O–H groups in total. The summed E-state index contributed by atoms with van der Waals surface area (Å²) in [5.41, 5.74) is 9.59. The van der Waals surface area contributed by atoms with E-state index in [1.54, 1.807) is 17.8 Å². The maximum Gasteiger partial charge on any atom is 0.197 e. The van der Waals surface area contributed by atoms with Gasteiger partial charge in [-0.25, -0.2) is 0 Å². The van der Waals surface area contributed by atoms with Crippen LogP contribution in [0.25, 0.3) is 0 Å². The van der Waals surface area contributed by atoms with Gasteiger partial charge in [0.05, 0.1) is 16.9 Å². The van der Waals surface area contributed by atoms with Crippen molar-refractivity contribution in [2.75, 3.05) is 11.1 Å². The third-order valence-corrected chi connectivity index (χ3v) is 4.97. The van der Waals surface area contributed by atoms with Crippen LogP contribution in [0.2, 0.25) is 0 Å². The Morgan fingerprint density at radius 3 is 2.43 bits per heavy atom. The van der Waals surface area contributed by atoms with Crippen LogP contribution >= 0.6 is 11.8 Å². The second kappa shape index (κ2) is 5.48. The lowest BCUT2D eigenvalue weighted by Crippen LogP contribution is -2.11. The van der Waals surface area contributed by atoms with Crippen molar-refractivity contribution in [1.29, 1.82) is 0 Å². The van der Waals surface area contributed by atoms with Crippen molar-refractivity contribution in [2.45, 2.75) is 9.79 Å². The Hall–Kier alpha value is -2.72. The fourth-order valence-corrected chi connectivity index (χ4v) is 3.70. The lowest BCUT2D eigenvalue weighted by molar-refractivity contribution is 0.104. The average molecular weight is 318 g/mol. The van der Waals surface area contributed by atoms with Crippen molar-refractivity contribution in [2.24, 2.45) is 0 Å². The Morgan fingerprint density at radius 1 is 0.870 bits per heavy atom. The second-order valence-electron chi connectivity index (χ2n) is 5.32. The zero-order chi connectivity index (χ0) is 15.8. The monoisotopic (exact) mass is 318 g/mol. The molecule has 1 aliphatic heterocycles. The van der Waals surface area contributed by atoms with E-state index in [1.807, 2.05) is 54.6 Å². The molecule has 1 heterocycles. The number of anilines is 3. The van der Waals surface area contributed by atoms with Gasteiger partial charge in [-0.1, -0.05) is 54.2 Å². The maximum atomic E-state index is 12.9. The van der Waals surface area contributed by atoms with Crippen LogP contribution in [-0.4, -0.2) is 5.78 Å². The van der Waals surface area contributed by atoms with Gasteiger partial charge in [-0.2, -0.15) is 0 Å². The number of nitrogens with two attached hydrogens (primary N) is 1. The van der Waals surface area contributed by atoms with E-state index in [0.717, 1.165) is 21.2 Å². The van der Waals surface area contributed by atoms with Crippen LogP contribution in [-0.2, 0) is 0 Å². The first-order valence-electron chi connectivity index (χ1n) is 7.30. The Morgan fingerprint density at radius 2 is 1.61 bits per heavy atom. The van der Waals surface area contributed by atoms with Crippen molar-refractivity contribution < 1.29 is 4.79 Å². The lowest BCUT2D eigenvalue weighted by Gasteiger charge is -2.23. The Balaban J connectivity index is 1.85. The summed E-state index contributed by atoms with van der Waals surface area (Å²) >= 11 is 1.65. The third kappa shape index (κ3) is 2.37. The van der Waals surface area contributed by atoms with Gasteiger partial charge in [0.1, 0.15) is 0 Å². The number of carbonyl (C=O) groups excluding carboxylic acids is 1. The number of hydrogen-bond donors (Lipinski definition) is 2. The van der Waals surface area contributed by atoms with Gasteiger partial charge in [-0.15, -0.1) is 0 Å². The molecule has 0 aliphatic carbocycles. The summed E-state index contributed by atoms with van der Waals surface area (Å²) in [6.45, 7) is 0. The molecule has 3 nitrogen and oxygen atoms in total. The van der Waals surface area contributed by atoms with Gasteiger partial charge in [0.25, 0.3) is 0 Å². The molecule has 0 saturated heterocycles. The number of ketones is 1. The van der Waals surface area contributed by atoms with E-state index < -0.39 is 0 Å². The van der Waals surface area contributed by atoms with Gasteiger partial charge >= 0.3 is 0 Å². The molecular weight excluding hydrogens is 304 g/mol. The fraction of sp³-hybridized carbons (Fsp3) is 0. The van der Waals surface area contributed by atoms with Gasteiger partial charge in [0, 0.05) is 21.0 Å². The van der Waals surface area contributed by atoms with Crippen LogP contribution in [0.15, 0.2) is 76.5 Å². The summed E-state index contributed by atoms with van der Waals surface area (Å²) < 4.78 is 0. The van der Waals surface area contributed by atoms with Gasteiger partial charge < -0.3 is 11.1 Å². The highest BCUT2D eigenvalue weighted by molar-refractivity contribution is 7.99. The van der Waals surface area contributed by atoms with Gasteiger partial charge in [0.15, 0.2) is 5.78 Å². The molecule has 0 aromatic heterocycles. The molecule has 0 saturated carbocycles. The van der Waals surface area contributed by atoms with Crippen molar-refractivity contribution >= 4 is 34.6 Å². The summed E-state index contributed by atoms with van der Waals surface area (Å²) in [6.07, 6.45) is 0. The highest BCUT2D eigenvalue weighted by Gasteiger charge is 2.24.